The highest BCUT2D eigenvalue weighted by atomic mass is 35.5. The van der Waals surface area contributed by atoms with Crippen LogP contribution in [0.4, 0.5) is 0 Å². The van der Waals surface area contributed by atoms with E-state index in [4.69, 9.17) is 22.1 Å². The Morgan fingerprint density at radius 1 is 1.44 bits per heavy atom. The largest absolute Gasteiger partial charge is 0.376 e. The molecule has 1 aromatic rings. The van der Waals surface area contributed by atoms with Gasteiger partial charge in [0.05, 0.1) is 6.10 Å². The summed E-state index contributed by atoms with van der Waals surface area (Å²) in [4.78, 5) is 0. The summed E-state index contributed by atoms with van der Waals surface area (Å²) in [5.41, 5.74) is 8.72. The van der Waals surface area contributed by atoms with Crippen LogP contribution in [0.25, 0.3) is 0 Å². The first-order valence-electron chi connectivity index (χ1n) is 6.74. The van der Waals surface area contributed by atoms with Crippen LogP contribution in [-0.2, 0) is 11.2 Å². The van der Waals surface area contributed by atoms with Crippen LogP contribution in [0.2, 0.25) is 5.02 Å². The molecule has 2 atom stereocenters. The number of benzene rings is 1. The third kappa shape index (κ3) is 2.29. The van der Waals surface area contributed by atoms with Gasteiger partial charge in [-0.25, -0.2) is 0 Å². The predicted molar refractivity (Wildman–Crippen MR) is 73.9 cm³/mol. The first-order chi connectivity index (χ1) is 8.58. The molecule has 0 aromatic heterocycles. The lowest BCUT2D eigenvalue weighted by Gasteiger charge is -2.30. The Labute approximate surface area is 113 Å². The second kappa shape index (κ2) is 4.52. The fraction of sp³-hybridized carbons (Fsp3) is 0.600. The molecule has 1 saturated carbocycles. The molecule has 3 rings (SSSR count). The van der Waals surface area contributed by atoms with Crippen molar-refractivity contribution in [3.63, 3.8) is 0 Å². The van der Waals surface area contributed by atoms with Gasteiger partial charge in [0.15, 0.2) is 0 Å². The molecule has 2 N–H and O–H groups in total. The van der Waals surface area contributed by atoms with E-state index < -0.39 is 0 Å². The Bertz CT molecular complexity index is 458. The summed E-state index contributed by atoms with van der Waals surface area (Å²) in [7, 11) is 0. The van der Waals surface area contributed by atoms with Crippen molar-refractivity contribution < 1.29 is 4.74 Å². The van der Waals surface area contributed by atoms with Gasteiger partial charge in [-0.3, -0.25) is 0 Å². The highest BCUT2D eigenvalue weighted by Crippen LogP contribution is 2.43. The number of hydrogen-bond acceptors (Lipinski definition) is 2. The zero-order valence-electron chi connectivity index (χ0n) is 10.8. The van der Waals surface area contributed by atoms with Crippen LogP contribution in [0.15, 0.2) is 18.2 Å². The van der Waals surface area contributed by atoms with Crippen molar-refractivity contribution in [3.05, 3.63) is 34.3 Å². The molecule has 0 radical (unpaired) electrons. The molecule has 1 aliphatic heterocycles. The average molecular weight is 266 g/mol. The molecule has 0 bridgehead atoms. The summed E-state index contributed by atoms with van der Waals surface area (Å²) in [5.74, 6) is 0.682. The van der Waals surface area contributed by atoms with Crippen molar-refractivity contribution in [3.8, 4) is 0 Å². The molecule has 18 heavy (non-hydrogen) atoms. The van der Waals surface area contributed by atoms with Gasteiger partial charge in [0.1, 0.15) is 0 Å². The van der Waals surface area contributed by atoms with Crippen LogP contribution < -0.4 is 5.73 Å². The SMILES string of the molecule is Cc1ccc(CC2(N)CCOC2C2CC2)c(Cl)c1. The minimum atomic E-state index is -0.222. The zero-order valence-corrected chi connectivity index (χ0v) is 11.5. The number of nitrogens with two attached hydrogens (primary N) is 1. The van der Waals surface area contributed by atoms with Gasteiger partial charge in [-0.15, -0.1) is 0 Å². The number of rotatable bonds is 3. The Balaban J connectivity index is 1.81. The van der Waals surface area contributed by atoms with Crippen LogP contribution in [0.5, 0.6) is 0 Å². The van der Waals surface area contributed by atoms with Crippen molar-refractivity contribution in [2.45, 2.75) is 44.2 Å². The summed E-state index contributed by atoms with van der Waals surface area (Å²) in [6.07, 6.45) is 4.54. The van der Waals surface area contributed by atoms with E-state index in [1.807, 2.05) is 6.07 Å². The molecule has 3 heteroatoms. The van der Waals surface area contributed by atoms with E-state index in [1.165, 1.54) is 18.4 Å². The summed E-state index contributed by atoms with van der Waals surface area (Å²) >= 11 is 6.32. The van der Waals surface area contributed by atoms with E-state index in [-0.39, 0.29) is 11.6 Å². The lowest BCUT2D eigenvalue weighted by Crippen LogP contribution is -2.50. The maximum absolute atomic E-state index is 6.60. The Morgan fingerprint density at radius 2 is 2.22 bits per heavy atom. The van der Waals surface area contributed by atoms with Crippen molar-refractivity contribution in [1.29, 1.82) is 0 Å². The number of aryl methyl sites for hydroxylation is 1. The Hall–Kier alpha value is -0.570. The molecule has 1 heterocycles. The standard InChI is InChI=1S/C15H20ClNO/c1-10-2-3-12(13(16)8-10)9-15(17)6-7-18-14(15)11-4-5-11/h2-3,8,11,14H,4-7,9,17H2,1H3. The third-order valence-corrected chi connectivity index (χ3v) is 4.56. The van der Waals surface area contributed by atoms with Crippen LogP contribution in [0, 0.1) is 12.8 Å². The van der Waals surface area contributed by atoms with Gasteiger partial charge >= 0.3 is 0 Å². The highest BCUT2D eigenvalue weighted by molar-refractivity contribution is 6.31. The van der Waals surface area contributed by atoms with Gasteiger partial charge in [0, 0.05) is 17.2 Å². The Kier molecular flexibility index (Phi) is 3.13. The fourth-order valence-corrected chi connectivity index (χ4v) is 3.33. The minimum absolute atomic E-state index is 0.222. The molecule has 2 nitrogen and oxygen atoms in total. The van der Waals surface area contributed by atoms with Gasteiger partial charge in [0.25, 0.3) is 0 Å². The number of ether oxygens (including phenoxy) is 1. The predicted octanol–water partition coefficient (Wildman–Crippen LogP) is 3.09. The molecule has 1 saturated heterocycles. The molecule has 2 fully saturated rings. The average Bonchev–Trinajstić information content (AvgIpc) is 3.07. The van der Waals surface area contributed by atoms with Gasteiger partial charge in [0.2, 0.25) is 0 Å². The van der Waals surface area contributed by atoms with E-state index in [0.717, 1.165) is 30.0 Å². The summed E-state index contributed by atoms with van der Waals surface area (Å²) < 4.78 is 5.86. The molecule has 98 valence electrons. The molecule has 1 aromatic carbocycles. The van der Waals surface area contributed by atoms with Crippen molar-refractivity contribution in [2.75, 3.05) is 6.61 Å². The topological polar surface area (TPSA) is 35.2 Å². The third-order valence-electron chi connectivity index (χ3n) is 4.21. The van der Waals surface area contributed by atoms with E-state index >= 15 is 0 Å². The Morgan fingerprint density at radius 3 is 2.89 bits per heavy atom. The first-order valence-corrected chi connectivity index (χ1v) is 7.12. The monoisotopic (exact) mass is 265 g/mol. The molecule has 2 aliphatic rings. The summed E-state index contributed by atoms with van der Waals surface area (Å²) in [6, 6.07) is 6.23. The molecule has 0 amide bonds. The highest BCUT2D eigenvalue weighted by Gasteiger charge is 2.48. The second-order valence-corrected chi connectivity index (χ2v) is 6.29. The van der Waals surface area contributed by atoms with E-state index in [2.05, 4.69) is 19.1 Å². The maximum atomic E-state index is 6.60. The second-order valence-electron chi connectivity index (χ2n) is 5.88. The minimum Gasteiger partial charge on any atom is -0.376 e. The number of halogens is 1. The van der Waals surface area contributed by atoms with E-state index in [1.54, 1.807) is 0 Å². The fourth-order valence-electron chi connectivity index (χ4n) is 3.03. The molecular weight excluding hydrogens is 246 g/mol. The zero-order chi connectivity index (χ0) is 12.8. The van der Waals surface area contributed by atoms with E-state index in [0.29, 0.717) is 5.92 Å². The molecular formula is C15H20ClNO. The van der Waals surface area contributed by atoms with Crippen molar-refractivity contribution in [2.24, 2.45) is 11.7 Å². The van der Waals surface area contributed by atoms with Crippen LogP contribution >= 0.6 is 11.6 Å². The normalized spacial score (nSPS) is 31.8. The smallest absolute Gasteiger partial charge is 0.0786 e. The van der Waals surface area contributed by atoms with Crippen LogP contribution in [-0.4, -0.2) is 18.2 Å². The van der Waals surface area contributed by atoms with Crippen molar-refractivity contribution in [1.82, 2.24) is 0 Å². The maximum Gasteiger partial charge on any atom is 0.0786 e. The van der Waals surface area contributed by atoms with E-state index in [9.17, 15) is 0 Å². The molecule has 0 spiro atoms. The lowest BCUT2D eigenvalue weighted by molar-refractivity contribution is 0.0627. The number of hydrogen-bond donors (Lipinski definition) is 1. The van der Waals surface area contributed by atoms with Crippen LogP contribution in [0.1, 0.15) is 30.4 Å². The summed E-state index contributed by atoms with van der Waals surface area (Å²) in [6.45, 7) is 2.85. The lowest BCUT2D eigenvalue weighted by atomic mass is 9.83. The molecule has 1 aliphatic carbocycles. The van der Waals surface area contributed by atoms with Crippen LogP contribution in [0.3, 0.4) is 0 Å². The van der Waals surface area contributed by atoms with Gasteiger partial charge in [-0.2, -0.15) is 0 Å². The van der Waals surface area contributed by atoms with Gasteiger partial charge < -0.3 is 10.5 Å². The van der Waals surface area contributed by atoms with Crippen molar-refractivity contribution >= 4 is 11.6 Å². The summed E-state index contributed by atoms with van der Waals surface area (Å²) in [5, 5.41) is 0.835. The van der Waals surface area contributed by atoms with Gasteiger partial charge in [-0.1, -0.05) is 23.7 Å². The quantitative estimate of drug-likeness (QED) is 0.912. The first kappa shape index (κ1) is 12.5. The molecule has 2 unspecified atom stereocenters. The van der Waals surface area contributed by atoms with Gasteiger partial charge in [-0.05, 0) is 55.7 Å².